The van der Waals surface area contributed by atoms with Crippen LogP contribution in [-0.4, -0.2) is 4.98 Å². The zero-order chi connectivity index (χ0) is 13.9. The molecule has 3 heteroatoms. The standard InChI is InChI=1S/C17H16N2O/c1-2-12-3-5-13(6-4-12)20-17-8-7-16(18)14-9-10-19-11-15(14)17/h3-11H,2,18H2,1H3. The maximum atomic E-state index is 5.97. The fourth-order valence-electron chi connectivity index (χ4n) is 2.20. The smallest absolute Gasteiger partial charge is 0.136 e. The molecule has 0 unspecified atom stereocenters. The Morgan fingerprint density at radius 2 is 1.80 bits per heavy atom. The Morgan fingerprint density at radius 1 is 1.00 bits per heavy atom. The van der Waals surface area contributed by atoms with Crippen LogP contribution in [0.15, 0.2) is 54.9 Å². The number of benzene rings is 2. The summed E-state index contributed by atoms with van der Waals surface area (Å²) in [5, 5.41) is 1.88. The molecular weight excluding hydrogens is 248 g/mol. The number of nitrogens with two attached hydrogens (primary N) is 1. The van der Waals surface area contributed by atoms with Crippen LogP contribution in [0.1, 0.15) is 12.5 Å². The maximum Gasteiger partial charge on any atom is 0.136 e. The SMILES string of the molecule is CCc1ccc(Oc2ccc(N)c3ccncc23)cc1. The second-order valence-corrected chi connectivity index (χ2v) is 4.67. The molecule has 3 rings (SSSR count). The molecule has 0 saturated heterocycles. The lowest BCUT2D eigenvalue weighted by Gasteiger charge is -2.10. The van der Waals surface area contributed by atoms with E-state index in [1.807, 2.05) is 30.3 Å². The molecule has 100 valence electrons. The summed E-state index contributed by atoms with van der Waals surface area (Å²) in [6.45, 7) is 2.13. The van der Waals surface area contributed by atoms with Crippen LogP contribution in [0.25, 0.3) is 10.8 Å². The van der Waals surface area contributed by atoms with Crippen molar-refractivity contribution in [1.29, 1.82) is 0 Å². The lowest BCUT2D eigenvalue weighted by Crippen LogP contribution is -1.91. The molecule has 0 spiro atoms. The van der Waals surface area contributed by atoms with E-state index in [2.05, 4.69) is 24.0 Å². The predicted octanol–water partition coefficient (Wildman–Crippen LogP) is 4.17. The van der Waals surface area contributed by atoms with E-state index in [9.17, 15) is 0 Å². The molecule has 0 amide bonds. The Bertz CT molecular complexity index is 736. The van der Waals surface area contributed by atoms with Gasteiger partial charge in [-0.3, -0.25) is 4.98 Å². The number of ether oxygens (including phenoxy) is 1. The number of nitrogen functional groups attached to an aromatic ring is 1. The quantitative estimate of drug-likeness (QED) is 0.722. The highest BCUT2D eigenvalue weighted by Gasteiger charge is 2.06. The molecule has 3 aromatic rings. The first-order valence-corrected chi connectivity index (χ1v) is 6.67. The number of aryl methyl sites for hydroxylation is 1. The summed E-state index contributed by atoms with van der Waals surface area (Å²) in [5.41, 5.74) is 8.00. The van der Waals surface area contributed by atoms with Gasteiger partial charge in [-0.25, -0.2) is 0 Å². The third-order valence-electron chi connectivity index (χ3n) is 3.37. The summed E-state index contributed by atoms with van der Waals surface area (Å²) >= 11 is 0. The third-order valence-corrected chi connectivity index (χ3v) is 3.37. The minimum Gasteiger partial charge on any atom is -0.457 e. The maximum absolute atomic E-state index is 5.97. The van der Waals surface area contributed by atoms with E-state index in [0.717, 1.165) is 34.4 Å². The summed E-state index contributed by atoms with van der Waals surface area (Å²) < 4.78 is 5.95. The van der Waals surface area contributed by atoms with Gasteiger partial charge < -0.3 is 10.5 Å². The van der Waals surface area contributed by atoms with Crippen LogP contribution in [0.4, 0.5) is 5.69 Å². The average Bonchev–Trinajstić information content (AvgIpc) is 2.51. The molecule has 0 radical (unpaired) electrons. The molecular formula is C17H16N2O. The van der Waals surface area contributed by atoms with Gasteiger partial charge in [0.15, 0.2) is 0 Å². The second kappa shape index (κ2) is 5.21. The van der Waals surface area contributed by atoms with Crippen molar-refractivity contribution in [3.8, 4) is 11.5 Å². The lowest BCUT2D eigenvalue weighted by molar-refractivity contribution is 0.488. The van der Waals surface area contributed by atoms with Crippen LogP contribution < -0.4 is 10.5 Å². The van der Waals surface area contributed by atoms with Gasteiger partial charge in [-0.15, -0.1) is 0 Å². The first-order valence-electron chi connectivity index (χ1n) is 6.67. The number of nitrogens with zero attached hydrogens (tertiary/aromatic N) is 1. The summed E-state index contributed by atoms with van der Waals surface area (Å²) in [6.07, 6.45) is 4.54. The first kappa shape index (κ1) is 12.5. The van der Waals surface area contributed by atoms with Crippen LogP contribution >= 0.6 is 0 Å². The Hall–Kier alpha value is -2.55. The van der Waals surface area contributed by atoms with Crippen molar-refractivity contribution >= 4 is 16.5 Å². The monoisotopic (exact) mass is 264 g/mol. The number of hydrogen-bond donors (Lipinski definition) is 1. The van der Waals surface area contributed by atoms with E-state index in [0.29, 0.717) is 0 Å². The number of fused-ring (bicyclic) bond motifs is 1. The van der Waals surface area contributed by atoms with Crippen molar-refractivity contribution in [2.45, 2.75) is 13.3 Å². The fraction of sp³-hybridized carbons (Fsp3) is 0.118. The summed E-state index contributed by atoms with van der Waals surface area (Å²) in [6, 6.07) is 13.8. The molecule has 0 atom stereocenters. The Labute approximate surface area is 118 Å². The van der Waals surface area contributed by atoms with Crippen molar-refractivity contribution in [2.75, 3.05) is 5.73 Å². The number of rotatable bonds is 3. The Kier molecular flexibility index (Phi) is 3.25. The fourth-order valence-corrected chi connectivity index (χ4v) is 2.20. The van der Waals surface area contributed by atoms with E-state index in [1.54, 1.807) is 12.4 Å². The minimum atomic E-state index is 0.732. The largest absolute Gasteiger partial charge is 0.457 e. The molecule has 3 nitrogen and oxygen atoms in total. The average molecular weight is 264 g/mol. The molecule has 0 aliphatic carbocycles. The molecule has 0 saturated carbocycles. The van der Waals surface area contributed by atoms with Gasteiger partial charge in [0, 0.05) is 28.9 Å². The van der Waals surface area contributed by atoms with Crippen LogP contribution in [0, 0.1) is 0 Å². The molecule has 0 bridgehead atoms. The number of anilines is 1. The number of aromatic nitrogens is 1. The van der Waals surface area contributed by atoms with E-state index >= 15 is 0 Å². The minimum absolute atomic E-state index is 0.732. The predicted molar refractivity (Wildman–Crippen MR) is 82.0 cm³/mol. The van der Waals surface area contributed by atoms with Crippen LogP contribution in [0.2, 0.25) is 0 Å². The van der Waals surface area contributed by atoms with Gasteiger partial charge >= 0.3 is 0 Å². The molecule has 0 aliphatic rings. The summed E-state index contributed by atoms with van der Waals surface area (Å²) in [4.78, 5) is 4.15. The summed E-state index contributed by atoms with van der Waals surface area (Å²) in [5.74, 6) is 1.59. The second-order valence-electron chi connectivity index (χ2n) is 4.67. The van der Waals surface area contributed by atoms with Crippen molar-refractivity contribution < 1.29 is 4.74 Å². The van der Waals surface area contributed by atoms with Crippen molar-refractivity contribution in [2.24, 2.45) is 0 Å². The van der Waals surface area contributed by atoms with Crippen molar-refractivity contribution in [3.05, 3.63) is 60.4 Å². The number of pyridine rings is 1. The van der Waals surface area contributed by atoms with Crippen LogP contribution in [-0.2, 0) is 6.42 Å². The Morgan fingerprint density at radius 3 is 2.55 bits per heavy atom. The van der Waals surface area contributed by atoms with E-state index < -0.39 is 0 Å². The summed E-state index contributed by atoms with van der Waals surface area (Å²) in [7, 11) is 0. The van der Waals surface area contributed by atoms with Gasteiger partial charge in [0.1, 0.15) is 11.5 Å². The first-order chi connectivity index (χ1) is 9.78. The van der Waals surface area contributed by atoms with Gasteiger partial charge in [0.05, 0.1) is 0 Å². The lowest BCUT2D eigenvalue weighted by atomic mass is 10.1. The highest BCUT2D eigenvalue weighted by atomic mass is 16.5. The molecule has 1 aromatic heterocycles. The van der Waals surface area contributed by atoms with E-state index in [4.69, 9.17) is 10.5 Å². The molecule has 2 aromatic carbocycles. The van der Waals surface area contributed by atoms with Crippen molar-refractivity contribution in [1.82, 2.24) is 4.98 Å². The number of hydrogen-bond acceptors (Lipinski definition) is 3. The topological polar surface area (TPSA) is 48.1 Å². The highest BCUT2D eigenvalue weighted by Crippen LogP contribution is 2.32. The zero-order valence-electron chi connectivity index (χ0n) is 11.3. The van der Waals surface area contributed by atoms with E-state index in [1.165, 1.54) is 5.56 Å². The van der Waals surface area contributed by atoms with Gasteiger partial charge in [-0.1, -0.05) is 19.1 Å². The molecule has 0 aliphatic heterocycles. The van der Waals surface area contributed by atoms with Crippen molar-refractivity contribution in [3.63, 3.8) is 0 Å². The molecule has 2 N–H and O–H groups in total. The van der Waals surface area contributed by atoms with Gasteiger partial charge in [0.25, 0.3) is 0 Å². The highest BCUT2D eigenvalue weighted by molar-refractivity contribution is 5.96. The van der Waals surface area contributed by atoms with Gasteiger partial charge in [0.2, 0.25) is 0 Å². The van der Waals surface area contributed by atoms with Crippen LogP contribution in [0.5, 0.6) is 11.5 Å². The molecule has 0 fully saturated rings. The zero-order valence-corrected chi connectivity index (χ0v) is 11.3. The normalized spacial score (nSPS) is 10.7. The van der Waals surface area contributed by atoms with Gasteiger partial charge in [-0.05, 0) is 42.3 Å². The third kappa shape index (κ3) is 2.30. The molecule has 20 heavy (non-hydrogen) atoms. The van der Waals surface area contributed by atoms with Gasteiger partial charge in [-0.2, -0.15) is 0 Å². The van der Waals surface area contributed by atoms with E-state index in [-0.39, 0.29) is 0 Å². The van der Waals surface area contributed by atoms with Crippen LogP contribution in [0.3, 0.4) is 0 Å². The Balaban J connectivity index is 2.00. The molecule has 1 heterocycles.